The molecule has 3 aliphatic rings. The van der Waals surface area contributed by atoms with Gasteiger partial charge >= 0.3 is 0 Å². The summed E-state index contributed by atoms with van der Waals surface area (Å²) in [5.74, 6) is 0.775. The first-order valence-corrected chi connectivity index (χ1v) is 11.3. The minimum Gasteiger partial charge on any atom is -0.500 e. The summed E-state index contributed by atoms with van der Waals surface area (Å²) in [5.41, 5.74) is 6.46. The van der Waals surface area contributed by atoms with Gasteiger partial charge in [-0.25, -0.2) is 0 Å². The molecule has 6 rings (SSSR count). The Morgan fingerprint density at radius 3 is 2.68 bits per heavy atom. The number of ketones is 1. The number of ether oxygens (including phenoxy) is 1. The van der Waals surface area contributed by atoms with Crippen LogP contribution in [0.3, 0.4) is 0 Å². The third kappa shape index (κ3) is 2.81. The number of rotatable bonds is 3. The molecule has 0 aliphatic carbocycles. The highest BCUT2D eigenvalue weighted by Gasteiger charge is 2.51. The van der Waals surface area contributed by atoms with Crippen molar-refractivity contribution >= 4 is 16.7 Å². The minimum absolute atomic E-state index is 0.154. The smallest absolute Gasteiger partial charge is 0.159 e. The lowest BCUT2D eigenvalue weighted by atomic mass is 9.67. The number of hydrogen-bond acceptors (Lipinski definition) is 3. The molecule has 2 bridgehead atoms. The topological polar surface area (TPSA) is 34.5 Å². The second-order valence-corrected chi connectivity index (χ2v) is 9.35. The van der Waals surface area contributed by atoms with Gasteiger partial charge in [-0.3, -0.25) is 9.69 Å². The summed E-state index contributed by atoms with van der Waals surface area (Å²) in [6.45, 7) is 3.32. The van der Waals surface area contributed by atoms with Crippen molar-refractivity contribution in [2.45, 2.75) is 38.4 Å². The fourth-order valence-electron chi connectivity index (χ4n) is 6.46. The van der Waals surface area contributed by atoms with Crippen LogP contribution in [0.2, 0.25) is 0 Å². The molecule has 4 heteroatoms. The zero-order chi connectivity index (χ0) is 21.1. The van der Waals surface area contributed by atoms with Gasteiger partial charge in [-0.1, -0.05) is 48.5 Å². The van der Waals surface area contributed by atoms with E-state index in [2.05, 4.69) is 71.1 Å². The van der Waals surface area contributed by atoms with Crippen molar-refractivity contribution in [1.29, 1.82) is 0 Å². The van der Waals surface area contributed by atoms with E-state index in [4.69, 9.17) is 4.74 Å². The van der Waals surface area contributed by atoms with Crippen molar-refractivity contribution in [3.63, 3.8) is 0 Å². The summed E-state index contributed by atoms with van der Waals surface area (Å²) < 4.78 is 8.27. The number of para-hydroxylation sites is 1. The predicted octanol–water partition coefficient (Wildman–Crippen LogP) is 4.79. The van der Waals surface area contributed by atoms with Crippen molar-refractivity contribution in [3.8, 4) is 0 Å². The standard InChI is InChI=1S/C27H28N2O2/c1-17(30)22-15-31-16-23-20(22)12-26-27-21(19-10-6-7-11-24(19)28(27)2)13-25(23)29(26)14-18-8-4-3-5-9-18/h3-11,15,20,23,25-26H,12-14,16H2,1-2H3/t20-,23+,25-,26-/m0/s1. The SMILES string of the molecule is CC(=O)C1=COC[C@@H]2[C@H]1C[C@H]1c3c(c4ccccc4n3C)C[C@@H]2N1Cc1ccccc1. The summed E-state index contributed by atoms with van der Waals surface area (Å²) in [7, 11) is 2.21. The zero-order valence-electron chi connectivity index (χ0n) is 18.1. The van der Waals surface area contributed by atoms with Crippen molar-refractivity contribution in [1.82, 2.24) is 9.47 Å². The molecule has 3 aliphatic heterocycles. The van der Waals surface area contributed by atoms with Crippen LogP contribution < -0.4 is 0 Å². The van der Waals surface area contributed by atoms with Crippen LogP contribution in [0, 0.1) is 11.8 Å². The molecule has 4 heterocycles. The molecule has 2 aromatic carbocycles. The molecule has 158 valence electrons. The van der Waals surface area contributed by atoms with Crippen LogP contribution in [0.15, 0.2) is 66.4 Å². The van der Waals surface area contributed by atoms with Crippen molar-refractivity contribution in [3.05, 3.63) is 83.3 Å². The molecule has 0 amide bonds. The Hall–Kier alpha value is -2.85. The average molecular weight is 413 g/mol. The number of carbonyl (C=O) groups is 1. The third-order valence-electron chi connectivity index (χ3n) is 7.82. The van der Waals surface area contributed by atoms with E-state index in [1.807, 2.05) is 0 Å². The Kier molecular flexibility index (Phi) is 4.32. The Morgan fingerprint density at radius 2 is 1.87 bits per heavy atom. The largest absolute Gasteiger partial charge is 0.500 e. The number of allylic oxidation sites excluding steroid dienone is 1. The number of fused-ring (bicyclic) bond motifs is 8. The van der Waals surface area contributed by atoms with Crippen LogP contribution in [0.5, 0.6) is 0 Å². The molecule has 0 radical (unpaired) electrons. The summed E-state index contributed by atoms with van der Waals surface area (Å²) >= 11 is 0. The van der Waals surface area contributed by atoms with Gasteiger partial charge in [0.15, 0.2) is 5.78 Å². The number of aryl methyl sites for hydroxylation is 1. The summed E-state index contributed by atoms with van der Waals surface area (Å²) in [6.07, 6.45) is 3.73. The molecule has 4 nitrogen and oxygen atoms in total. The van der Waals surface area contributed by atoms with Crippen molar-refractivity contribution in [2.24, 2.45) is 18.9 Å². The van der Waals surface area contributed by atoms with Gasteiger partial charge in [-0.2, -0.15) is 0 Å². The molecular weight excluding hydrogens is 384 g/mol. The van der Waals surface area contributed by atoms with Crippen molar-refractivity contribution in [2.75, 3.05) is 6.61 Å². The second-order valence-electron chi connectivity index (χ2n) is 9.35. The lowest BCUT2D eigenvalue weighted by Gasteiger charge is -2.54. The minimum atomic E-state index is 0.154. The molecule has 0 N–H and O–H groups in total. The van der Waals surface area contributed by atoms with Crippen molar-refractivity contribution < 1.29 is 9.53 Å². The second kappa shape index (κ2) is 7.10. The van der Waals surface area contributed by atoms with Gasteiger partial charge in [0.05, 0.1) is 18.9 Å². The third-order valence-corrected chi connectivity index (χ3v) is 7.82. The number of Topliss-reactive ketones (excluding diaryl/α,β-unsaturated/α-hetero) is 1. The molecule has 31 heavy (non-hydrogen) atoms. The summed E-state index contributed by atoms with van der Waals surface area (Å²) in [5, 5.41) is 1.38. The van der Waals surface area contributed by atoms with E-state index >= 15 is 0 Å². The number of carbonyl (C=O) groups excluding carboxylic acids is 1. The fourth-order valence-corrected chi connectivity index (χ4v) is 6.46. The molecule has 0 unspecified atom stereocenters. The number of nitrogens with zero attached hydrogens (tertiary/aromatic N) is 2. The lowest BCUT2D eigenvalue weighted by Crippen LogP contribution is -2.56. The van der Waals surface area contributed by atoms with E-state index in [0.717, 1.165) is 25.0 Å². The molecule has 0 spiro atoms. The highest BCUT2D eigenvalue weighted by Crippen LogP contribution is 2.52. The highest BCUT2D eigenvalue weighted by atomic mass is 16.5. The molecular formula is C27H28N2O2. The maximum Gasteiger partial charge on any atom is 0.159 e. The Bertz CT molecular complexity index is 1190. The van der Waals surface area contributed by atoms with Crippen LogP contribution >= 0.6 is 0 Å². The fraction of sp³-hybridized carbons (Fsp3) is 0.370. The van der Waals surface area contributed by atoms with E-state index < -0.39 is 0 Å². The van der Waals surface area contributed by atoms with Gasteiger partial charge in [-0.15, -0.1) is 0 Å². The first kappa shape index (κ1) is 18.9. The van der Waals surface area contributed by atoms with Gasteiger partial charge in [-0.05, 0) is 42.9 Å². The first-order chi connectivity index (χ1) is 15.1. The summed E-state index contributed by atoms with van der Waals surface area (Å²) in [6, 6.07) is 20.2. The molecule has 1 saturated heterocycles. The molecule has 0 saturated carbocycles. The molecule has 1 fully saturated rings. The quantitative estimate of drug-likeness (QED) is 0.621. The van der Waals surface area contributed by atoms with Crippen LogP contribution in [0.25, 0.3) is 10.9 Å². The zero-order valence-corrected chi connectivity index (χ0v) is 18.1. The van der Waals surface area contributed by atoms with Gasteiger partial charge in [0.1, 0.15) is 0 Å². The Morgan fingerprint density at radius 1 is 1.10 bits per heavy atom. The Labute approximate surface area is 183 Å². The van der Waals surface area contributed by atoms with Gasteiger partial charge in [0, 0.05) is 47.7 Å². The maximum absolute atomic E-state index is 12.4. The molecule has 3 aromatic rings. The van der Waals surface area contributed by atoms with Gasteiger partial charge in [0.2, 0.25) is 0 Å². The maximum atomic E-state index is 12.4. The first-order valence-electron chi connectivity index (χ1n) is 11.3. The van der Waals surface area contributed by atoms with E-state index in [-0.39, 0.29) is 11.7 Å². The summed E-state index contributed by atoms with van der Waals surface area (Å²) in [4.78, 5) is 15.1. The molecule has 4 atom stereocenters. The van der Waals surface area contributed by atoms with Gasteiger partial charge in [0.25, 0.3) is 0 Å². The monoisotopic (exact) mass is 412 g/mol. The van der Waals surface area contributed by atoms with E-state index in [1.54, 1.807) is 13.2 Å². The predicted molar refractivity (Wildman–Crippen MR) is 121 cm³/mol. The van der Waals surface area contributed by atoms with E-state index in [0.29, 0.717) is 24.6 Å². The van der Waals surface area contributed by atoms with Gasteiger partial charge < -0.3 is 9.30 Å². The normalized spacial score (nSPS) is 27.2. The number of aromatic nitrogens is 1. The van der Waals surface area contributed by atoms with Crippen LogP contribution in [0.4, 0.5) is 0 Å². The van der Waals surface area contributed by atoms with Crippen LogP contribution in [0.1, 0.15) is 36.2 Å². The lowest BCUT2D eigenvalue weighted by molar-refractivity contribution is -0.116. The average Bonchev–Trinajstić information content (AvgIpc) is 3.06. The Balaban J connectivity index is 1.51. The van der Waals surface area contributed by atoms with E-state index in [9.17, 15) is 4.79 Å². The van der Waals surface area contributed by atoms with Crippen LogP contribution in [-0.2, 0) is 29.5 Å². The number of hydrogen-bond donors (Lipinski definition) is 0. The van der Waals surface area contributed by atoms with Crippen LogP contribution in [-0.4, -0.2) is 27.9 Å². The molecule has 1 aromatic heterocycles. The highest BCUT2D eigenvalue weighted by molar-refractivity contribution is 5.94. The number of benzene rings is 2. The number of piperidine rings is 1. The van der Waals surface area contributed by atoms with E-state index in [1.165, 1.54) is 27.7 Å².